The van der Waals surface area contributed by atoms with Gasteiger partial charge in [0.1, 0.15) is 15.8 Å². The summed E-state index contributed by atoms with van der Waals surface area (Å²) < 4.78 is 2.15. The number of hydrogen-bond donors (Lipinski definition) is 0. The molecule has 30 heavy (non-hydrogen) atoms. The van der Waals surface area contributed by atoms with E-state index in [0.717, 1.165) is 50.3 Å². The van der Waals surface area contributed by atoms with Crippen molar-refractivity contribution in [3.63, 3.8) is 0 Å². The summed E-state index contributed by atoms with van der Waals surface area (Å²) >= 11 is 8.74. The Balaban J connectivity index is 1.61. The lowest BCUT2D eigenvalue weighted by Gasteiger charge is -2.28. The Kier molecular flexibility index (Phi) is 5.59. The van der Waals surface area contributed by atoms with Crippen LogP contribution in [0.2, 0.25) is 0 Å². The largest absolute Gasteiger partial charge is 0.354 e. The molecule has 0 radical (unpaired) electrons. The fourth-order valence-corrected chi connectivity index (χ4v) is 6.61. The highest BCUT2D eigenvalue weighted by Gasteiger charge is 2.38. The van der Waals surface area contributed by atoms with Crippen molar-refractivity contribution in [2.75, 3.05) is 29.5 Å². The molecule has 0 atom stereocenters. The van der Waals surface area contributed by atoms with Gasteiger partial charge in [0, 0.05) is 36.8 Å². The van der Waals surface area contributed by atoms with Crippen molar-refractivity contribution in [2.45, 2.75) is 31.7 Å². The summed E-state index contributed by atoms with van der Waals surface area (Å²) in [5, 5.41) is 0. The number of thioether (sulfide) groups is 2. The molecule has 0 aromatic carbocycles. The number of pyridine rings is 1. The van der Waals surface area contributed by atoms with Gasteiger partial charge in [0.05, 0.1) is 10.5 Å². The van der Waals surface area contributed by atoms with E-state index in [9.17, 15) is 9.59 Å². The third-order valence-electron chi connectivity index (χ3n) is 5.85. The Hall–Kier alpha value is -1.84. The van der Waals surface area contributed by atoms with E-state index in [1.54, 1.807) is 21.6 Å². The van der Waals surface area contributed by atoms with Crippen molar-refractivity contribution < 1.29 is 4.79 Å². The molecule has 9 heteroatoms. The van der Waals surface area contributed by atoms with E-state index in [-0.39, 0.29) is 17.5 Å². The summed E-state index contributed by atoms with van der Waals surface area (Å²) in [7, 11) is 0. The van der Waals surface area contributed by atoms with Crippen LogP contribution >= 0.6 is 35.7 Å². The lowest BCUT2D eigenvalue weighted by Crippen LogP contribution is -2.37. The van der Waals surface area contributed by atoms with Crippen molar-refractivity contribution in [3.05, 3.63) is 45.2 Å². The molecule has 2 aromatic heterocycles. The van der Waals surface area contributed by atoms with Gasteiger partial charge in [-0.3, -0.25) is 18.9 Å². The maximum Gasteiger partial charge on any atom is 0.267 e. The molecule has 1 aliphatic carbocycles. The first-order valence-electron chi connectivity index (χ1n) is 10.2. The molecule has 156 valence electrons. The van der Waals surface area contributed by atoms with E-state index >= 15 is 0 Å². The average molecular weight is 459 g/mol. The number of anilines is 1. The molecule has 4 heterocycles. The smallest absolute Gasteiger partial charge is 0.267 e. The highest BCUT2D eigenvalue weighted by atomic mass is 32.2. The number of amides is 1. The van der Waals surface area contributed by atoms with Gasteiger partial charge in [-0.25, -0.2) is 4.98 Å². The van der Waals surface area contributed by atoms with Crippen LogP contribution in [0.4, 0.5) is 5.82 Å². The zero-order chi connectivity index (χ0) is 20.7. The monoisotopic (exact) mass is 458 g/mol. The topological polar surface area (TPSA) is 57.9 Å². The van der Waals surface area contributed by atoms with Crippen LogP contribution in [0.15, 0.2) is 34.1 Å². The fraction of sp³-hybridized carbons (Fsp3) is 0.429. The molecule has 0 spiro atoms. The summed E-state index contributed by atoms with van der Waals surface area (Å²) in [5.41, 5.74) is 0.934. The van der Waals surface area contributed by atoms with E-state index < -0.39 is 0 Å². The van der Waals surface area contributed by atoms with Crippen LogP contribution in [-0.2, 0) is 4.79 Å². The third-order valence-corrected chi connectivity index (χ3v) is 8.12. The van der Waals surface area contributed by atoms with Gasteiger partial charge in [-0.2, -0.15) is 11.8 Å². The molecule has 1 amide bonds. The zero-order valence-electron chi connectivity index (χ0n) is 16.5. The van der Waals surface area contributed by atoms with Gasteiger partial charge >= 0.3 is 0 Å². The molecule has 0 bridgehead atoms. The Labute approximate surface area is 188 Å². The van der Waals surface area contributed by atoms with Gasteiger partial charge in [-0.1, -0.05) is 42.9 Å². The number of nitrogens with zero attached hydrogens (tertiary/aromatic N) is 4. The number of hydrogen-bond acceptors (Lipinski definition) is 7. The summed E-state index contributed by atoms with van der Waals surface area (Å²) in [6.45, 7) is 1.67. The number of rotatable bonds is 3. The average Bonchev–Trinajstić information content (AvgIpc) is 3.38. The molecule has 3 aliphatic rings. The third kappa shape index (κ3) is 3.56. The van der Waals surface area contributed by atoms with Gasteiger partial charge in [-0.15, -0.1) is 0 Å². The lowest BCUT2D eigenvalue weighted by molar-refractivity contribution is -0.123. The highest BCUT2D eigenvalue weighted by Crippen LogP contribution is 2.38. The van der Waals surface area contributed by atoms with Gasteiger partial charge in [0.25, 0.3) is 11.5 Å². The quantitative estimate of drug-likeness (QED) is 0.516. The number of carbonyl (C=O) groups is 1. The summed E-state index contributed by atoms with van der Waals surface area (Å²) in [5.74, 6) is 2.59. The Bertz CT molecular complexity index is 1100. The van der Waals surface area contributed by atoms with Gasteiger partial charge in [0.15, 0.2) is 0 Å². The molecule has 5 rings (SSSR count). The minimum atomic E-state index is -0.153. The standard InChI is InChI=1S/C21H22N4O2S3/c26-19-15(13-16-20(27)25(21(28)30-16)14-5-1-2-6-14)18(23-9-11-29-12-10-23)22-17-7-3-4-8-24(17)19/h3-4,7-8,13-14H,1-2,5-6,9-12H2/b16-13-. The van der Waals surface area contributed by atoms with E-state index in [4.69, 9.17) is 17.2 Å². The Morgan fingerprint density at radius 2 is 1.90 bits per heavy atom. The zero-order valence-corrected chi connectivity index (χ0v) is 18.9. The normalized spacial score (nSPS) is 22.1. The first-order valence-corrected chi connectivity index (χ1v) is 12.6. The van der Waals surface area contributed by atoms with Crippen molar-refractivity contribution in [1.29, 1.82) is 0 Å². The number of aromatic nitrogens is 2. The van der Waals surface area contributed by atoms with E-state index in [2.05, 4.69) is 4.90 Å². The van der Waals surface area contributed by atoms with Gasteiger partial charge in [0.2, 0.25) is 0 Å². The predicted molar refractivity (Wildman–Crippen MR) is 128 cm³/mol. The molecule has 0 N–H and O–H groups in total. The second-order valence-corrected chi connectivity index (χ2v) is 10.6. The van der Waals surface area contributed by atoms with Gasteiger partial charge < -0.3 is 4.90 Å². The SMILES string of the molecule is O=C1/C(=C/c2c(N3CCSCC3)nc3ccccn3c2=O)SC(=S)N1C1CCCC1. The van der Waals surface area contributed by atoms with Crippen molar-refractivity contribution in [1.82, 2.24) is 14.3 Å². The first-order chi connectivity index (χ1) is 14.6. The maximum absolute atomic E-state index is 13.4. The van der Waals surface area contributed by atoms with Crippen molar-refractivity contribution in [3.8, 4) is 0 Å². The molecule has 2 aliphatic heterocycles. The predicted octanol–water partition coefficient (Wildman–Crippen LogP) is 3.39. The second-order valence-electron chi connectivity index (χ2n) is 7.67. The van der Waals surface area contributed by atoms with Crippen LogP contribution < -0.4 is 10.5 Å². The van der Waals surface area contributed by atoms with Crippen LogP contribution in [0.5, 0.6) is 0 Å². The minimum absolute atomic E-state index is 0.0744. The summed E-state index contributed by atoms with van der Waals surface area (Å²) in [6.07, 6.45) is 7.70. The van der Waals surface area contributed by atoms with E-state index in [0.29, 0.717) is 26.3 Å². The molecule has 6 nitrogen and oxygen atoms in total. The summed E-state index contributed by atoms with van der Waals surface area (Å²) in [4.78, 5) is 35.8. The summed E-state index contributed by atoms with van der Waals surface area (Å²) in [6, 6.07) is 5.73. The second kappa shape index (κ2) is 8.36. The highest BCUT2D eigenvalue weighted by molar-refractivity contribution is 8.26. The van der Waals surface area contributed by atoms with Crippen LogP contribution in [0.1, 0.15) is 31.2 Å². The molecular formula is C21H22N4O2S3. The van der Waals surface area contributed by atoms with Crippen molar-refractivity contribution >= 4 is 63.5 Å². The number of fused-ring (bicyclic) bond motifs is 1. The van der Waals surface area contributed by atoms with Crippen LogP contribution in [0.25, 0.3) is 11.7 Å². The maximum atomic E-state index is 13.4. The van der Waals surface area contributed by atoms with Crippen molar-refractivity contribution in [2.24, 2.45) is 0 Å². The van der Waals surface area contributed by atoms with E-state index in [1.165, 1.54) is 11.8 Å². The molecule has 3 fully saturated rings. The van der Waals surface area contributed by atoms with Crippen LogP contribution in [0, 0.1) is 0 Å². The Morgan fingerprint density at radius 1 is 1.13 bits per heavy atom. The molecule has 0 unspecified atom stereocenters. The number of thiocarbonyl (C=S) groups is 1. The van der Waals surface area contributed by atoms with Crippen LogP contribution in [-0.4, -0.2) is 55.1 Å². The number of carbonyl (C=O) groups excluding carboxylic acids is 1. The van der Waals surface area contributed by atoms with Crippen LogP contribution in [0.3, 0.4) is 0 Å². The Morgan fingerprint density at radius 3 is 2.67 bits per heavy atom. The first kappa shape index (κ1) is 20.1. The van der Waals surface area contributed by atoms with Gasteiger partial charge in [-0.05, 0) is 31.1 Å². The molecular weight excluding hydrogens is 436 g/mol. The minimum Gasteiger partial charge on any atom is -0.354 e. The lowest BCUT2D eigenvalue weighted by atomic mass is 10.2. The molecule has 2 aromatic rings. The fourth-order valence-electron chi connectivity index (χ4n) is 4.32. The molecule has 1 saturated carbocycles. The van der Waals surface area contributed by atoms with E-state index in [1.807, 2.05) is 30.0 Å². The molecule has 2 saturated heterocycles.